The van der Waals surface area contributed by atoms with E-state index >= 15 is 0 Å². The van der Waals surface area contributed by atoms with E-state index in [0.717, 1.165) is 12.0 Å². The number of nitrogens with two attached hydrogens (primary N) is 1. The second-order valence-electron chi connectivity index (χ2n) is 3.59. The molecule has 2 rings (SSSR count). The summed E-state index contributed by atoms with van der Waals surface area (Å²) in [7, 11) is 0. The van der Waals surface area contributed by atoms with Crippen molar-refractivity contribution in [3.63, 3.8) is 0 Å². The monoisotopic (exact) mass is 237 g/mol. The van der Waals surface area contributed by atoms with Crippen LogP contribution in [-0.2, 0) is 12.8 Å². The number of nitrogens with zero attached hydrogens (tertiary/aromatic N) is 2. The van der Waals surface area contributed by atoms with Crippen LogP contribution in [0.5, 0.6) is 0 Å². The van der Waals surface area contributed by atoms with Crippen LogP contribution in [0.4, 0.5) is 5.69 Å². The molecule has 1 aromatic carbocycles. The van der Waals surface area contributed by atoms with E-state index in [9.17, 15) is 0 Å². The summed E-state index contributed by atoms with van der Waals surface area (Å²) in [5.41, 5.74) is 7.42. The van der Waals surface area contributed by atoms with E-state index in [1.165, 1.54) is 0 Å². The Balaban J connectivity index is 2.02. The Morgan fingerprint density at radius 2 is 2.19 bits per heavy atom. The fraction of sp³-hybridized carbons (Fsp3) is 0.273. The lowest BCUT2D eigenvalue weighted by atomic mass is 10.1. The highest BCUT2D eigenvalue weighted by atomic mass is 35.5. The Labute approximate surface area is 98.4 Å². The van der Waals surface area contributed by atoms with Crippen molar-refractivity contribution in [1.29, 1.82) is 0 Å². The first-order chi connectivity index (χ1) is 7.65. The van der Waals surface area contributed by atoms with E-state index in [1.807, 2.05) is 12.1 Å². The van der Waals surface area contributed by atoms with Gasteiger partial charge in [0.25, 0.3) is 0 Å². The molecule has 0 fully saturated rings. The Morgan fingerprint density at radius 3 is 2.81 bits per heavy atom. The lowest BCUT2D eigenvalue weighted by Gasteiger charge is -2.02. The van der Waals surface area contributed by atoms with Crippen molar-refractivity contribution >= 4 is 17.3 Å². The first-order valence-electron chi connectivity index (χ1n) is 4.98. The molecular weight excluding hydrogens is 226 g/mol. The van der Waals surface area contributed by atoms with E-state index in [4.69, 9.17) is 21.9 Å². The molecule has 0 radical (unpaired) electrons. The van der Waals surface area contributed by atoms with Gasteiger partial charge in [0.05, 0.1) is 10.7 Å². The maximum atomic E-state index is 5.84. The average molecular weight is 238 g/mol. The van der Waals surface area contributed by atoms with Crippen LogP contribution in [0.3, 0.4) is 0 Å². The largest absolute Gasteiger partial charge is 0.398 e. The second-order valence-corrected chi connectivity index (χ2v) is 4.00. The first-order valence-corrected chi connectivity index (χ1v) is 5.36. The summed E-state index contributed by atoms with van der Waals surface area (Å²) < 4.78 is 5.02. The maximum Gasteiger partial charge on any atom is 0.226 e. The van der Waals surface area contributed by atoms with Gasteiger partial charge >= 0.3 is 0 Å². The van der Waals surface area contributed by atoms with Crippen molar-refractivity contribution in [2.75, 3.05) is 5.73 Å². The number of rotatable bonds is 3. The van der Waals surface area contributed by atoms with E-state index in [0.29, 0.717) is 28.8 Å². The number of anilines is 1. The third kappa shape index (κ3) is 2.52. The van der Waals surface area contributed by atoms with Gasteiger partial charge in [0.2, 0.25) is 5.89 Å². The predicted octanol–water partition coefficient (Wildman–Crippen LogP) is 2.40. The smallest absolute Gasteiger partial charge is 0.226 e. The van der Waals surface area contributed by atoms with E-state index in [-0.39, 0.29) is 0 Å². The fourth-order valence-corrected chi connectivity index (χ4v) is 1.56. The molecule has 0 aliphatic carbocycles. The van der Waals surface area contributed by atoms with Crippen LogP contribution < -0.4 is 5.73 Å². The number of benzene rings is 1. The second kappa shape index (κ2) is 4.53. The number of aromatic nitrogens is 2. The molecular formula is C11H12ClN3O. The molecule has 5 heteroatoms. The van der Waals surface area contributed by atoms with Crippen LogP contribution in [0.2, 0.25) is 5.02 Å². The third-order valence-corrected chi connectivity index (χ3v) is 2.60. The van der Waals surface area contributed by atoms with Crippen LogP contribution in [0.1, 0.15) is 17.3 Å². The molecule has 0 spiro atoms. The zero-order chi connectivity index (χ0) is 11.5. The predicted molar refractivity (Wildman–Crippen MR) is 62.3 cm³/mol. The highest BCUT2D eigenvalue weighted by Crippen LogP contribution is 2.20. The summed E-state index contributed by atoms with van der Waals surface area (Å²) in [4.78, 5) is 4.13. The van der Waals surface area contributed by atoms with Crippen molar-refractivity contribution in [1.82, 2.24) is 10.1 Å². The minimum absolute atomic E-state index is 0.581. The molecule has 1 aromatic heterocycles. The quantitative estimate of drug-likeness (QED) is 0.833. The number of hydrogen-bond acceptors (Lipinski definition) is 4. The van der Waals surface area contributed by atoms with Crippen molar-refractivity contribution in [3.8, 4) is 0 Å². The van der Waals surface area contributed by atoms with Crippen LogP contribution in [0.25, 0.3) is 0 Å². The highest BCUT2D eigenvalue weighted by Gasteiger charge is 2.04. The number of aryl methyl sites for hydroxylation is 3. The Bertz CT molecular complexity index is 496. The van der Waals surface area contributed by atoms with Gasteiger partial charge in [-0.15, -0.1) is 0 Å². The van der Waals surface area contributed by atoms with Crippen molar-refractivity contribution in [3.05, 3.63) is 40.5 Å². The summed E-state index contributed by atoms with van der Waals surface area (Å²) in [6.07, 6.45) is 1.52. The zero-order valence-electron chi connectivity index (χ0n) is 8.90. The minimum atomic E-state index is 0.581. The van der Waals surface area contributed by atoms with Gasteiger partial charge in [-0.2, -0.15) is 4.98 Å². The maximum absolute atomic E-state index is 5.84. The standard InChI is InChI=1S/C11H12ClN3O/c1-7-14-11(16-15-7)5-3-8-2-4-9(12)10(13)6-8/h2,4,6H,3,5,13H2,1H3. The van der Waals surface area contributed by atoms with E-state index in [1.54, 1.807) is 13.0 Å². The summed E-state index contributed by atoms with van der Waals surface area (Å²) in [6, 6.07) is 5.61. The number of hydrogen-bond donors (Lipinski definition) is 1. The first kappa shape index (κ1) is 11.0. The number of nitrogen functional groups attached to an aromatic ring is 1. The zero-order valence-corrected chi connectivity index (χ0v) is 9.66. The van der Waals surface area contributed by atoms with E-state index in [2.05, 4.69) is 10.1 Å². The minimum Gasteiger partial charge on any atom is -0.398 e. The molecule has 0 bridgehead atoms. The molecule has 0 unspecified atom stereocenters. The number of halogens is 1. The van der Waals surface area contributed by atoms with Crippen molar-refractivity contribution < 1.29 is 4.52 Å². The lowest BCUT2D eigenvalue weighted by molar-refractivity contribution is 0.375. The van der Waals surface area contributed by atoms with Gasteiger partial charge < -0.3 is 10.3 Å². The summed E-state index contributed by atoms with van der Waals surface area (Å²) in [5, 5.41) is 4.31. The van der Waals surface area contributed by atoms with Crippen LogP contribution >= 0.6 is 11.6 Å². The summed E-state index contributed by atoms with van der Waals surface area (Å²) in [6.45, 7) is 1.80. The van der Waals surface area contributed by atoms with Crippen LogP contribution in [0.15, 0.2) is 22.7 Å². The summed E-state index contributed by atoms with van der Waals surface area (Å²) >= 11 is 5.84. The summed E-state index contributed by atoms with van der Waals surface area (Å²) in [5.74, 6) is 1.30. The SMILES string of the molecule is Cc1noc(CCc2ccc(Cl)c(N)c2)n1. The van der Waals surface area contributed by atoms with Gasteiger partial charge in [-0.3, -0.25) is 0 Å². The molecule has 2 aromatic rings. The van der Waals surface area contributed by atoms with Gasteiger partial charge in [-0.05, 0) is 31.0 Å². The molecule has 2 N–H and O–H groups in total. The molecule has 0 atom stereocenters. The van der Waals surface area contributed by atoms with Gasteiger partial charge in [0.15, 0.2) is 5.82 Å². The lowest BCUT2D eigenvalue weighted by Crippen LogP contribution is -1.94. The van der Waals surface area contributed by atoms with Crippen LogP contribution in [0, 0.1) is 6.92 Å². The molecule has 1 heterocycles. The normalized spacial score (nSPS) is 10.6. The van der Waals surface area contributed by atoms with E-state index < -0.39 is 0 Å². The molecule has 0 saturated carbocycles. The molecule has 84 valence electrons. The molecule has 0 amide bonds. The van der Waals surface area contributed by atoms with Gasteiger partial charge in [-0.25, -0.2) is 0 Å². The van der Waals surface area contributed by atoms with Gasteiger partial charge in [0.1, 0.15) is 0 Å². The molecule has 4 nitrogen and oxygen atoms in total. The molecule has 16 heavy (non-hydrogen) atoms. The highest BCUT2D eigenvalue weighted by molar-refractivity contribution is 6.33. The fourth-order valence-electron chi connectivity index (χ4n) is 1.44. The van der Waals surface area contributed by atoms with Gasteiger partial charge in [0, 0.05) is 6.42 Å². The average Bonchev–Trinajstić information content (AvgIpc) is 2.66. The van der Waals surface area contributed by atoms with Gasteiger partial charge in [-0.1, -0.05) is 22.8 Å². The molecule has 0 aliphatic rings. The van der Waals surface area contributed by atoms with Crippen molar-refractivity contribution in [2.24, 2.45) is 0 Å². The Morgan fingerprint density at radius 1 is 1.38 bits per heavy atom. The van der Waals surface area contributed by atoms with Crippen LogP contribution in [-0.4, -0.2) is 10.1 Å². The Hall–Kier alpha value is -1.55. The molecule has 0 saturated heterocycles. The topological polar surface area (TPSA) is 64.9 Å². The van der Waals surface area contributed by atoms with Crippen molar-refractivity contribution in [2.45, 2.75) is 19.8 Å². The third-order valence-electron chi connectivity index (χ3n) is 2.26. The molecule has 0 aliphatic heterocycles. The Kier molecular flexibility index (Phi) is 3.10.